The first-order valence-corrected chi connectivity index (χ1v) is 6.79. The lowest BCUT2D eigenvalue weighted by atomic mass is 10.1. The van der Waals surface area contributed by atoms with Gasteiger partial charge < -0.3 is 14.8 Å². The third-order valence-electron chi connectivity index (χ3n) is 2.71. The molecule has 0 spiro atoms. The molecule has 1 N–H and O–H groups in total. The second-order valence-corrected chi connectivity index (χ2v) is 6.00. The van der Waals surface area contributed by atoms with Crippen molar-refractivity contribution in [2.24, 2.45) is 0 Å². The van der Waals surface area contributed by atoms with Gasteiger partial charge in [0.1, 0.15) is 5.25 Å². The number of hydrogen-bond acceptors (Lipinski definition) is 5. The normalized spacial score (nSPS) is 27.9. The lowest BCUT2D eigenvalue weighted by Crippen LogP contribution is -2.50. The first kappa shape index (κ1) is 12.9. The minimum Gasteiger partial charge on any atom is -0.384 e. The highest BCUT2D eigenvalue weighted by Crippen LogP contribution is 2.16. The third kappa shape index (κ3) is 3.41. The molecule has 0 aromatic carbocycles. The zero-order valence-electron chi connectivity index (χ0n) is 9.23. The SMILES string of the molecule is CNC1CCOCC1S(=O)(=O)CCOC. The van der Waals surface area contributed by atoms with E-state index in [9.17, 15) is 8.42 Å². The first-order valence-electron chi connectivity index (χ1n) is 5.07. The van der Waals surface area contributed by atoms with Crippen LogP contribution in [0.15, 0.2) is 0 Å². The zero-order chi connectivity index (χ0) is 11.3. The molecule has 90 valence electrons. The number of rotatable bonds is 5. The smallest absolute Gasteiger partial charge is 0.159 e. The van der Waals surface area contributed by atoms with Crippen LogP contribution in [0.5, 0.6) is 0 Å². The maximum absolute atomic E-state index is 11.9. The molecule has 1 saturated heterocycles. The highest BCUT2D eigenvalue weighted by Gasteiger charge is 2.34. The monoisotopic (exact) mass is 237 g/mol. The van der Waals surface area contributed by atoms with Crippen LogP contribution in [0.3, 0.4) is 0 Å². The summed E-state index contributed by atoms with van der Waals surface area (Å²) in [5.74, 6) is 0.0652. The molecule has 1 fully saturated rings. The van der Waals surface area contributed by atoms with Gasteiger partial charge in [0.15, 0.2) is 9.84 Å². The van der Waals surface area contributed by atoms with E-state index in [-0.39, 0.29) is 25.0 Å². The molecule has 2 atom stereocenters. The minimum atomic E-state index is -3.12. The van der Waals surface area contributed by atoms with Gasteiger partial charge in [0.2, 0.25) is 0 Å². The van der Waals surface area contributed by atoms with Crippen molar-refractivity contribution in [3.63, 3.8) is 0 Å². The van der Waals surface area contributed by atoms with Gasteiger partial charge >= 0.3 is 0 Å². The molecule has 1 aliphatic heterocycles. The standard InChI is InChI=1S/C9H19NO4S/c1-10-8-3-4-14-7-9(8)15(11,12)6-5-13-2/h8-10H,3-7H2,1-2H3. The van der Waals surface area contributed by atoms with Crippen molar-refractivity contribution < 1.29 is 17.9 Å². The van der Waals surface area contributed by atoms with E-state index in [0.717, 1.165) is 6.42 Å². The van der Waals surface area contributed by atoms with E-state index in [2.05, 4.69) is 5.32 Å². The fourth-order valence-electron chi connectivity index (χ4n) is 1.75. The molecule has 0 amide bonds. The molecule has 15 heavy (non-hydrogen) atoms. The molecule has 1 aliphatic rings. The summed E-state index contributed by atoms with van der Waals surface area (Å²) < 4.78 is 33.8. The summed E-state index contributed by atoms with van der Waals surface area (Å²) in [6.07, 6.45) is 0.743. The molecular formula is C9H19NO4S. The Labute approximate surface area is 91.1 Å². The van der Waals surface area contributed by atoms with Crippen molar-refractivity contribution in [1.82, 2.24) is 5.32 Å². The van der Waals surface area contributed by atoms with Crippen LogP contribution in [-0.2, 0) is 19.3 Å². The van der Waals surface area contributed by atoms with Gasteiger partial charge in [-0.3, -0.25) is 0 Å². The second-order valence-electron chi connectivity index (χ2n) is 3.66. The van der Waals surface area contributed by atoms with Gasteiger partial charge in [0.05, 0.1) is 19.0 Å². The van der Waals surface area contributed by atoms with Crippen molar-refractivity contribution in [2.45, 2.75) is 17.7 Å². The van der Waals surface area contributed by atoms with Crippen LogP contribution in [0.4, 0.5) is 0 Å². The Morgan fingerprint density at radius 2 is 2.27 bits per heavy atom. The van der Waals surface area contributed by atoms with Gasteiger partial charge in [-0.25, -0.2) is 8.42 Å². The Morgan fingerprint density at radius 1 is 1.53 bits per heavy atom. The number of sulfone groups is 1. The predicted molar refractivity (Wildman–Crippen MR) is 57.7 cm³/mol. The molecule has 2 unspecified atom stereocenters. The van der Waals surface area contributed by atoms with Gasteiger partial charge in [-0.1, -0.05) is 0 Å². The zero-order valence-corrected chi connectivity index (χ0v) is 10.0. The molecule has 1 rings (SSSR count). The topological polar surface area (TPSA) is 64.6 Å². The summed E-state index contributed by atoms with van der Waals surface area (Å²) in [4.78, 5) is 0. The van der Waals surface area contributed by atoms with Crippen molar-refractivity contribution in [2.75, 3.05) is 39.7 Å². The highest BCUT2D eigenvalue weighted by molar-refractivity contribution is 7.92. The van der Waals surface area contributed by atoms with Gasteiger partial charge in [-0.2, -0.15) is 0 Å². The van der Waals surface area contributed by atoms with Gasteiger partial charge in [-0.05, 0) is 13.5 Å². The molecule has 0 radical (unpaired) electrons. The number of ether oxygens (including phenoxy) is 2. The van der Waals surface area contributed by atoms with E-state index in [1.54, 1.807) is 7.05 Å². The number of nitrogens with one attached hydrogen (secondary N) is 1. The number of hydrogen-bond donors (Lipinski definition) is 1. The highest BCUT2D eigenvalue weighted by atomic mass is 32.2. The summed E-state index contributed by atoms with van der Waals surface area (Å²) in [6.45, 7) is 1.16. The summed E-state index contributed by atoms with van der Waals surface area (Å²) in [7, 11) is 0.170. The molecular weight excluding hydrogens is 218 g/mol. The lowest BCUT2D eigenvalue weighted by Gasteiger charge is -2.30. The Morgan fingerprint density at radius 3 is 2.87 bits per heavy atom. The van der Waals surface area contributed by atoms with Gasteiger partial charge in [0, 0.05) is 19.8 Å². The summed E-state index contributed by atoms with van der Waals surface area (Å²) in [5.41, 5.74) is 0. The van der Waals surface area contributed by atoms with Crippen molar-refractivity contribution in [3.8, 4) is 0 Å². The maximum Gasteiger partial charge on any atom is 0.159 e. The Bertz CT molecular complexity index is 278. The molecule has 0 aromatic rings. The van der Waals surface area contributed by atoms with Crippen molar-refractivity contribution in [3.05, 3.63) is 0 Å². The molecule has 0 saturated carbocycles. The fourth-order valence-corrected chi connectivity index (χ4v) is 3.52. The molecule has 0 aromatic heterocycles. The molecule has 0 aliphatic carbocycles. The largest absolute Gasteiger partial charge is 0.384 e. The quantitative estimate of drug-likeness (QED) is 0.693. The van der Waals surface area contributed by atoms with Gasteiger partial charge in [0.25, 0.3) is 0 Å². The van der Waals surface area contributed by atoms with Crippen LogP contribution in [0, 0.1) is 0 Å². The van der Waals surface area contributed by atoms with Crippen molar-refractivity contribution in [1.29, 1.82) is 0 Å². The minimum absolute atomic E-state index is 0.000561. The molecule has 5 nitrogen and oxygen atoms in total. The molecule has 6 heteroatoms. The van der Waals surface area contributed by atoms with Crippen LogP contribution in [0.2, 0.25) is 0 Å². The first-order chi connectivity index (χ1) is 7.11. The average Bonchev–Trinajstić information content (AvgIpc) is 2.26. The fraction of sp³-hybridized carbons (Fsp3) is 1.00. The van der Waals surface area contributed by atoms with Crippen LogP contribution in [0.25, 0.3) is 0 Å². The lowest BCUT2D eigenvalue weighted by molar-refractivity contribution is 0.0823. The van der Waals surface area contributed by atoms with E-state index >= 15 is 0 Å². The molecule has 0 bridgehead atoms. The van der Waals surface area contributed by atoms with E-state index in [0.29, 0.717) is 6.61 Å². The van der Waals surface area contributed by atoms with E-state index < -0.39 is 15.1 Å². The van der Waals surface area contributed by atoms with E-state index in [4.69, 9.17) is 9.47 Å². The van der Waals surface area contributed by atoms with Crippen LogP contribution in [-0.4, -0.2) is 59.4 Å². The van der Waals surface area contributed by atoms with Crippen LogP contribution < -0.4 is 5.32 Å². The van der Waals surface area contributed by atoms with E-state index in [1.807, 2.05) is 0 Å². The average molecular weight is 237 g/mol. The third-order valence-corrected chi connectivity index (χ3v) is 4.83. The summed E-state index contributed by atoms with van der Waals surface area (Å²) in [5, 5.41) is 2.60. The van der Waals surface area contributed by atoms with E-state index in [1.165, 1.54) is 7.11 Å². The maximum atomic E-state index is 11.9. The van der Waals surface area contributed by atoms with Crippen LogP contribution >= 0.6 is 0 Å². The van der Waals surface area contributed by atoms with Crippen molar-refractivity contribution >= 4 is 9.84 Å². The van der Waals surface area contributed by atoms with Crippen LogP contribution in [0.1, 0.15) is 6.42 Å². The Balaban J connectivity index is 2.65. The second kappa shape index (κ2) is 5.79. The van der Waals surface area contributed by atoms with Gasteiger partial charge in [-0.15, -0.1) is 0 Å². The number of methoxy groups -OCH3 is 1. The molecule has 1 heterocycles. The Hall–Kier alpha value is -0.170. The summed E-state index contributed by atoms with van der Waals surface area (Å²) in [6, 6.07) is 0.000561. The Kier molecular flexibility index (Phi) is 4.98. The predicted octanol–water partition coefficient (Wildman–Crippen LogP) is -0.575. The summed E-state index contributed by atoms with van der Waals surface area (Å²) >= 11 is 0.